The lowest BCUT2D eigenvalue weighted by atomic mass is 10.0. The Kier molecular flexibility index (Phi) is 6.79. The first-order chi connectivity index (χ1) is 9.69. The highest BCUT2D eigenvalue weighted by molar-refractivity contribution is 5.24. The van der Waals surface area contributed by atoms with Crippen molar-refractivity contribution in [2.75, 3.05) is 6.54 Å². The average Bonchev–Trinajstić information content (AvgIpc) is 2.33. The zero-order valence-corrected chi connectivity index (χ0v) is 15.0. The summed E-state index contributed by atoms with van der Waals surface area (Å²) in [6.07, 6.45) is 4.35. The lowest BCUT2D eigenvalue weighted by Crippen LogP contribution is -2.36. The van der Waals surface area contributed by atoms with Crippen LogP contribution in [0.3, 0.4) is 0 Å². The minimum absolute atomic E-state index is 0.196. The van der Waals surface area contributed by atoms with Gasteiger partial charge in [0.15, 0.2) is 0 Å². The van der Waals surface area contributed by atoms with Crippen molar-refractivity contribution >= 4 is 0 Å². The molecule has 0 saturated carbocycles. The maximum atomic E-state index is 4.70. The zero-order chi connectivity index (χ0) is 16.0. The number of aryl methyl sites for hydroxylation is 3. The first-order valence-corrected chi connectivity index (χ1v) is 8.27. The molecule has 1 heterocycles. The van der Waals surface area contributed by atoms with E-state index in [4.69, 9.17) is 9.97 Å². The molecule has 120 valence electrons. The third-order valence-electron chi connectivity index (χ3n) is 3.67. The van der Waals surface area contributed by atoms with Crippen LogP contribution in [0.25, 0.3) is 0 Å². The summed E-state index contributed by atoms with van der Waals surface area (Å²) in [5.41, 5.74) is 3.86. The Labute approximate surface area is 131 Å². The normalized spacial score (nSPS) is 12.2. The molecule has 0 fully saturated rings. The van der Waals surface area contributed by atoms with Gasteiger partial charge in [-0.05, 0) is 71.9 Å². The summed E-state index contributed by atoms with van der Waals surface area (Å²) < 4.78 is 0. The molecular formula is C18H33N3. The van der Waals surface area contributed by atoms with E-state index < -0.39 is 0 Å². The summed E-state index contributed by atoms with van der Waals surface area (Å²) in [4.78, 5) is 9.40. The van der Waals surface area contributed by atoms with Gasteiger partial charge in [0, 0.05) is 23.3 Å². The SMILES string of the molecule is Cc1nc(CCC(C)C)nc(C)c1CCCNC(C)(C)C. The Hall–Kier alpha value is -0.960. The summed E-state index contributed by atoms with van der Waals surface area (Å²) >= 11 is 0. The van der Waals surface area contributed by atoms with Crippen LogP contribution < -0.4 is 5.32 Å². The second-order valence-electron chi connectivity index (χ2n) is 7.50. The highest BCUT2D eigenvalue weighted by Gasteiger charge is 2.11. The molecule has 0 saturated heterocycles. The molecule has 1 N–H and O–H groups in total. The van der Waals surface area contributed by atoms with Gasteiger partial charge < -0.3 is 5.32 Å². The van der Waals surface area contributed by atoms with Crippen molar-refractivity contribution in [2.24, 2.45) is 5.92 Å². The van der Waals surface area contributed by atoms with Gasteiger partial charge in [-0.3, -0.25) is 0 Å². The molecule has 3 nitrogen and oxygen atoms in total. The Morgan fingerprint density at radius 2 is 1.57 bits per heavy atom. The van der Waals surface area contributed by atoms with E-state index in [1.807, 2.05) is 0 Å². The summed E-state index contributed by atoms with van der Waals surface area (Å²) in [7, 11) is 0. The molecule has 0 aliphatic rings. The number of rotatable bonds is 7. The number of nitrogens with one attached hydrogen (secondary N) is 1. The fourth-order valence-electron chi connectivity index (χ4n) is 2.43. The van der Waals surface area contributed by atoms with Crippen molar-refractivity contribution in [3.63, 3.8) is 0 Å². The minimum Gasteiger partial charge on any atom is -0.312 e. The predicted molar refractivity (Wildman–Crippen MR) is 90.7 cm³/mol. The molecule has 1 aromatic heterocycles. The molecule has 3 heteroatoms. The van der Waals surface area contributed by atoms with E-state index in [1.165, 1.54) is 5.56 Å². The fourth-order valence-corrected chi connectivity index (χ4v) is 2.43. The summed E-state index contributed by atoms with van der Waals surface area (Å²) in [5.74, 6) is 1.72. The van der Waals surface area contributed by atoms with Crippen LogP contribution in [0, 0.1) is 19.8 Å². The van der Waals surface area contributed by atoms with E-state index in [-0.39, 0.29) is 5.54 Å². The van der Waals surface area contributed by atoms with Crippen LogP contribution in [0.2, 0.25) is 0 Å². The van der Waals surface area contributed by atoms with Gasteiger partial charge in [0.25, 0.3) is 0 Å². The van der Waals surface area contributed by atoms with Crippen molar-refractivity contribution in [1.82, 2.24) is 15.3 Å². The van der Waals surface area contributed by atoms with Crippen LogP contribution in [0.15, 0.2) is 0 Å². The molecule has 0 unspecified atom stereocenters. The number of nitrogens with zero attached hydrogens (tertiary/aromatic N) is 2. The van der Waals surface area contributed by atoms with Crippen molar-refractivity contribution in [3.05, 3.63) is 22.8 Å². The molecule has 1 aromatic rings. The third kappa shape index (κ3) is 7.03. The van der Waals surface area contributed by atoms with Gasteiger partial charge in [-0.25, -0.2) is 9.97 Å². The van der Waals surface area contributed by atoms with Crippen LogP contribution in [-0.4, -0.2) is 22.1 Å². The van der Waals surface area contributed by atoms with E-state index in [1.54, 1.807) is 0 Å². The lowest BCUT2D eigenvalue weighted by molar-refractivity contribution is 0.422. The number of hydrogen-bond donors (Lipinski definition) is 1. The third-order valence-corrected chi connectivity index (χ3v) is 3.67. The molecule has 0 aromatic carbocycles. The Bertz CT molecular complexity index is 421. The van der Waals surface area contributed by atoms with Crippen molar-refractivity contribution in [3.8, 4) is 0 Å². The van der Waals surface area contributed by atoms with E-state index in [0.29, 0.717) is 5.92 Å². The van der Waals surface area contributed by atoms with Crippen molar-refractivity contribution < 1.29 is 0 Å². The number of aromatic nitrogens is 2. The van der Waals surface area contributed by atoms with Gasteiger partial charge in [0.05, 0.1) is 0 Å². The molecular weight excluding hydrogens is 258 g/mol. The smallest absolute Gasteiger partial charge is 0.128 e. The van der Waals surface area contributed by atoms with Gasteiger partial charge >= 0.3 is 0 Å². The first kappa shape index (κ1) is 18.1. The zero-order valence-electron chi connectivity index (χ0n) is 15.0. The highest BCUT2D eigenvalue weighted by Crippen LogP contribution is 2.14. The van der Waals surface area contributed by atoms with Crippen LogP contribution in [0.1, 0.15) is 70.2 Å². The molecule has 0 atom stereocenters. The van der Waals surface area contributed by atoms with E-state index >= 15 is 0 Å². The van der Waals surface area contributed by atoms with Gasteiger partial charge in [-0.15, -0.1) is 0 Å². The second-order valence-corrected chi connectivity index (χ2v) is 7.50. The molecule has 21 heavy (non-hydrogen) atoms. The molecule has 0 bridgehead atoms. The summed E-state index contributed by atoms with van der Waals surface area (Å²) in [6, 6.07) is 0. The van der Waals surface area contributed by atoms with Crippen LogP contribution in [-0.2, 0) is 12.8 Å². The van der Waals surface area contributed by atoms with Crippen LogP contribution in [0.5, 0.6) is 0 Å². The Morgan fingerprint density at radius 3 is 2.05 bits per heavy atom. The van der Waals surface area contributed by atoms with Crippen molar-refractivity contribution in [1.29, 1.82) is 0 Å². The summed E-state index contributed by atoms with van der Waals surface area (Å²) in [6.45, 7) is 16.4. The molecule has 1 rings (SSSR count). The number of hydrogen-bond acceptors (Lipinski definition) is 3. The Balaban J connectivity index is 2.59. The molecule has 0 amide bonds. The standard InChI is InChI=1S/C18H33N3/c1-13(2)10-11-17-20-14(3)16(15(4)21-17)9-8-12-19-18(5,6)7/h13,19H,8-12H2,1-7H3. The largest absolute Gasteiger partial charge is 0.312 e. The van der Waals surface area contributed by atoms with Gasteiger partial charge in [-0.1, -0.05) is 13.8 Å². The van der Waals surface area contributed by atoms with Gasteiger partial charge in [0.1, 0.15) is 5.82 Å². The van der Waals surface area contributed by atoms with E-state index in [9.17, 15) is 0 Å². The minimum atomic E-state index is 0.196. The average molecular weight is 291 g/mol. The highest BCUT2D eigenvalue weighted by atomic mass is 14.9. The predicted octanol–water partition coefficient (Wildman–Crippen LogP) is 4.00. The fraction of sp³-hybridized carbons (Fsp3) is 0.778. The van der Waals surface area contributed by atoms with Crippen LogP contribution in [0.4, 0.5) is 0 Å². The second kappa shape index (κ2) is 7.88. The molecule has 0 radical (unpaired) electrons. The van der Waals surface area contributed by atoms with Gasteiger partial charge in [-0.2, -0.15) is 0 Å². The van der Waals surface area contributed by atoms with Crippen LogP contribution >= 0.6 is 0 Å². The maximum Gasteiger partial charge on any atom is 0.128 e. The lowest BCUT2D eigenvalue weighted by Gasteiger charge is -2.20. The first-order valence-electron chi connectivity index (χ1n) is 8.27. The van der Waals surface area contributed by atoms with E-state index in [0.717, 1.165) is 49.4 Å². The molecule has 0 aliphatic heterocycles. The Morgan fingerprint density at radius 1 is 1.00 bits per heavy atom. The van der Waals surface area contributed by atoms with Gasteiger partial charge in [0.2, 0.25) is 0 Å². The van der Waals surface area contributed by atoms with Crippen molar-refractivity contribution in [2.45, 2.75) is 79.7 Å². The van der Waals surface area contributed by atoms with E-state index in [2.05, 4.69) is 53.8 Å². The maximum absolute atomic E-state index is 4.70. The molecule has 0 spiro atoms. The summed E-state index contributed by atoms with van der Waals surface area (Å²) in [5, 5.41) is 3.53. The topological polar surface area (TPSA) is 37.8 Å². The quantitative estimate of drug-likeness (QED) is 0.772. The monoisotopic (exact) mass is 291 g/mol. The molecule has 0 aliphatic carbocycles.